The normalized spacial score (nSPS) is 9.72. The number of esters is 3. The summed E-state index contributed by atoms with van der Waals surface area (Å²) < 4.78 is 14.9. The summed E-state index contributed by atoms with van der Waals surface area (Å²) in [5, 5.41) is 17.2. The summed E-state index contributed by atoms with van der Waals surface area (Å²) in [6.45, 7) is 10.6. The van der Waals surface area contributed by atoms with Crippen molar-refractivity contribution in [2.75, 3.05) is 19.8 Å². The Labute approximate surface area is 145 Å². The van der Waals surface area contributed by atoms with Gasteiger partial charge < -0.3 is 14.2 Å². The Morgan fingerprint density at radius 3 is 1.68 bits per heavy atom. The summed E-state index contributed by atoms with van der Waals surface area (Å²) in [6.07, 6.45) is 1.24. The van der Waals surface area contributed by atoms with Gasteiger partial charge in [-0.2, -0.15) is 10.5 Å². The van der Waals surface area contributed by atoms with Crippen LogP contribution in [0.4, 0.5) is 0 Å². The van der Waals surface area contributed by atoms with Crippen LogP contribution in [-0.4, -0.2) is 37.7 Å². The second-order valence-electron chi connectivity index (χ2n) is 5.00. The Kier molecular flexibility index (Phi) is 8.99. The molecule has 0 aliphatic heterocycles. The van der Waals surface area contributed by atoms with Crippen LogP contribution in [0.2, 0.25) is 0 Å². The highest BCUT2D eigenvalue weighted by Gasteiger charge is 2.34. The van der Waals surface area contributed by atoms with Crippen LogP contribution >= 0.6 is 0 Å². The van der Waals surface area contributed by atoms with Crippen LogP contribution in [0.1, 0.15) is 13.3 Å². The topological polar surface area (TPSA) is 126 Å². The van der Waals surface area contributed by atoms with Crippen LogP contribution in [0.25, 0.3) is 0 Å². The molecule has 25 heavy (non-hydrogen) atoms. The first-order valence-electron chi connectivity index (χ1n) is 7.06. The van der Waals surface area contributed by atoms with Crippen molar-refractivity contribution in [1.82, 2.24) is 0 Å². The number of ether oxygens (including phenoxy) is 3. The fourth-order valence-corrected chi connectivity index (χ4v) is 1.42. The van der Waals surface area contributed by atoms with E-state index in [-0.39, 0.29) is 26.2 Å². The van der Waals surface area contributed by atoms with Gasteiger partial charge in [0.1, 0.15) is 43.1 Å². The van der Waals surface area contributed by atoms with Gasteiger partial charge in [0.25, 0.3) is 0 Å². The van der Waals surface area contributed by atoms with Gasteiger partial charge in [-0.1, -0.05) is 26.7 Å². The van der Waals surface area contributed by atoms with E-state index in [0.717, 1.165) is 6.08 Å². The van der Waals surface area contributed by atoms with E-state index in [1.165, 1.54) is 0 Å². The molecule has 0 bridgehead atoms. The molecule has 8 nitrogen and oxygen atoms in total. The predicted molar refractivity (Wildman–Crippen MR) is 85.3 cm³/mol. The highest BCUT2D eigenvalue weighted by molar-refractivity contribution is 5.92. The van der Waals surface area contributed by atoms with Gasteiger partial charge in [-0.05, 0) is 6.42 Å². The summed E-state index contributed by atoms with van der Waals surface area (Å²) in [5.41, 5.74) is -1.87. The first-order chi connectivity index (χ1) is 11.7. The lowest BCUT2D eigenvalue weighted by Gasteiger charge is -2.30. The predicted octanol–water partition coefficient (Wildman–Crippen LogP) is 1.36. The number of rotatable bonds is 10. The van der Waals surface area contributed by atoms with Crippen LogP contribution in [0.15, 0.2) is 37.0 Å². The van der Waals surface area contributed by atoms with Crippen molar-refractivity contribution in [3.8, 4) is 12.1 Å². The minimum Gasteiger partial charge on any atom is -0.462 e. The molecule has 132 valence electrons. The number of nitriles is 2. The van der Waals surface area contributed by atoms with Gasteiger partial charge in [-0.3, -0.25) is 0 Å². The molecule has 8 heteroatoms. The Bertz CT molecular complexity index is 624. The molecule has 0 saturated carbocycles. The summed E-state index contributed by atoms with van der Waals surface area (Å²) in [6, 6.07) is 3.10. The highest BCUT2D eigenvalue weighted by Crippen LogP contribution is 2.25. The molecular weight excluding hydrogens is 328 g/mol. The smallest absolute Gasteiger partial charge is 0.348 e. The molecule has 0 aliphatic carbocycles. The van der Waals surface area contributed by atoms with Gasteiger partial charge in [0, 0.05) is 6.08 Å². The minimum atomic E-state index is -1.07. The van der Waals surface area contributed by atoms with Crippen molar-refractivity contribution < 1.29 is 28.6 Å². The first-order valence-corrected chi connectivity index (χ1v) is 7.06. The Balaban J connectivity index is 5.17. The molecule has 0 N–H and O–H groups in total. The summed E-state index contributed by atoms with van der Waals surface area (Å²) >= 11 is 0. The molecule has 0 radical (unpaired) electrons. The van der Waals surface area contributed by atoms with Crippen LogP contribution in [0.3, 0.4) is 0 Å². The molecule has 0 heterocycles. The second-order valence-corrected chi connectivity index (χ2v) is 5.00. The molecule has 0 amide bonds. The van der Waals surface area contributed by atoms with Gasteiger partial charge in [0.15, 0.2) is 0 Å². The molecule has 0 unspecified atom stereocenters. The minimum absolute atomic E-state index is 0.243. The second kappa shape index (κ2) is 10.4. The number of nitrogens with zero attached hydrogens (tertiary/aromatic N) is 2. The van der Waals surface area contributed by atoms with E-state index in [0.29, 0.717) is 0 Å². The maximum atomic E-state index is 11.6. The Hall–Kier alpha value is -3.39. The third kappa shape index (κ3) is 7.14. The maximum Gasteiger partial charge on any atom is 0.348 e. The number of carbonyl (C=O) groups is 3. The van der Waals surface area contributed by atoms with Gasteiger partial charge in [-0.15, -0.1) is 0 Å². The van der Waals surface area contributed by atoms with E-state index >= 15 is 0 Å². The van der Waals surface area contributed by atoms with E-state index < -0.39 is 34.5 Å². The van der Waals surface area contributed by atoms with E-state index in [4.69, 9.17) is 24.7 Å². The monoisotopic (exact) mass is 346 g/mol. The average Bonchev–Trinajstić information content (AvgIpc) is 2.65. The third-order valence-corrected chi connectivity index (χ3v) is 3.22. The SMILES string of the molecule is C=CC(=O)OCC(CC)(COC(=O)C(=C)C#N)COC(=O)C(=C)C#N. The van der Waals surface area contributed by atoms with Crippen molar-refractivity contribution >= 4 is 17.9 Å². The quantitative estimate of drug-likeness (QED) is 0.251. The van der Waals surface area contributed by atoms with Gasteiger partial charge in [0.05, 0.1) is 5.41 Å². The fourth-order valence-electron chi connectivity index (χ4n) is 1.42. The largest absolute Gasteiger partial charge is 0.462 e. The Morgan fingerprint density at radius 1 is 0.960 bits per heavy atom. The number of carbonyl (C=O) groups excluding carboxylic acids is 3. The molecule has 0 saturated heterocycles. The zero-order valence-corrected chi connectivity index (χ0v) is 13.9. The van der Waals surface area contributed by atoms with Crippen molar-refractivity contribution in [2.45, 2.75) is 13.3 Å². The average molecular weight is 346 g/mol. The van der Waals surface area contributed by atoms with Crippen LogP contribution in [0, 0.1) is 28.1 Å². The summed E-state index contributed by atoms with van der Waals surface area (Å²) in [4.78, 5) is 34.5. The highest BCUT2D eigenvalue weighted by atomic mass is 16.6. The van der Waals surface area contributed by atoms with E-state index in [2.05, 4.69) is 19.7 Å². The van der Waals surface area contributed by atoms with Gasteiger partial charge >= 0.3 is 17.9 Å². The molecule has 0 atom stereocenters. The summed E-state index contributed by atoms with van der Waals surface area (Å²) in [5.74, 6) is -2.59. The first kappa shape index (κ1) is 21.6. The van der Waals surface area contributed by atoms with Crippen molar-refractivity contribution in [3.05, 3.63) is 37.0 Å². The molecule has 0 aromatic heterocycles. The molecular formula is C17H18N2O6. The maximum absolute atomic E-state index is 11.6. The van der Waals surface area contributed by atoms with Crippen LogP contribution < -0.4 is 0 Å². The Morgan fingerprint density at radius 2 is 1.36 bits per heavy atom. The van der Waals surface area contributed by atoms with Crippen molar-refractivity contribution in [2.24, 2.45) is 5.41 Å². The molecule has 0 rings (SSSR count). The third-order valence-electron chi connectivity index (χ3n) is 3.22. The lowest BCUT2D eigenvalue weighted by molar-refractivity contribution is -0.156. The molecule has 0 fully saturated rings. The molecule has 0 aromatic carbocycles. The van der Waals surface area contributed by atoms with Gasteiger partial charge in [-0.25, -0.2) is 14.4 Å². The molecule has 0 aromatic rings. The molecule has 0 spiro atoms. The standard InChI is InChI=1S/C17H18N2O6/c1-5-14(20)23-9-17(6-2,10-24-15(21)12(3)7-18)11-25-16(22)13(4)8-19/h5H,1,3-4,6,9-11H2,2H3. The van der Waals surface area contributed by atoms with Crippen LogP contribution in [-0.2, 0) is 28.6 Å². The zero-order valence-electron chi connectivity index (χ0n) is 13.9. The number of hydrogen-bond donors (Lipinski definition) is 0. The number of hydrogen-bond acceptors (Lipinski definition) is 8. The van der Waals surface area contributed by atoms with Crippen LogP contribution in [0.5, 0.6) is 0 Å². The lowest BCUT2D eigenvalue weighted by atomic mass is 9.88. The van der Waals surface area contributed by atoms with Crippen molar-refractivity contribution in [3.63, 3.8) is 0 Å². The lowest BCUT2D eigenvalue weighted by Crippen LogP contribution is -2.39. The zero-order chi connectivity index (χ0) is 19.5. The fraction of sp³-hybridized carbons (Fsp3) is 0.353. The van der Waals surface area contributed by atoms with E-state index in [1.807, 2.05) is 0 Å². The van der Waals surface area contributed by atoms with Gasteiger partial charge in [0.2, 0.25) is 0 Å². The molecule has 0 aliphatic rings. The van der Waals surface area contributed by atoms with E-state index in [9.17, 15) is 14.4 Å². The summed E-state index contributed by atoms with van der Waals surface area (Å²) in [7, 11) is 0. The van der Waals surface area contributed by atoms with Crippen molar-refractivity contribution in [1.29, 1.82) is 10.5 Å². The van der Waals surface area contributed by atoms with E-state index in [1.54, 1.807) is 19.1 Å².